The van der Waals surface area contributed by atoms with Crippen molar-refractivity contribution >= 4 is 16.3 Å². The third kappa shape index (κ3) is 3.67. The number of nitrogens with zero attached hydrogens (tertiary/aromatic N) is 4. The van der Waals surface area contributed by atoms with E-state index in [1.165, 1.54) is 22.3 Å². The molecule has 0 aliphatic carbocycles. The molecule has 3 heterocycles. The normalized spacial score (nSPS) is 21.4. The molecular weight excluding hydrogens is 388 g/mol. The molecule has 1 aliphatic rings. The highest BCUT2D eigenvalue weighted by Crippen LogP contribution is 2.45. The average Bonchev–Trinajstić information content (AvgIpc) is 3.18. The van der Waals surface area contributed by atoms with E-state index in [0.29, 0.717) is 22.6 Å². The van der Waals surface area contributed by atoms with Gasteiger partial charge in [-0.3, -0.25) is 4.90 Å². The summed E-state index contributed by atoms with van der Waals surface area (Å²) in [5, 5.41) is 15.4. The van der Waals surface area contributed by atoms with E-state index in [-0.39, 0.29) is 11.9 Å². The van der Waals surface area contributed by atoms with Crippen LogP contribution in [0.25, 0.3) is 4.96 Å². The van der Waals surface area contributed by atoms with Crippen molar-refractivity contribution in [1.82, 2.24) is 19.5 Å². The highest BCUT2D eigenvalue weighted by Gasteiger charge is 2.35. The number of aromatic nitrogens is 3. The molecule has 0 radical (unpaired) electrons. The highest BCUT2D eigenvalue weighted by molar-refractivity contribution is 7.17. The van der Waals surface area contributed by atoms with Gasteiger partial charge in [-0.15, -0.1) is 5.10 Å². The Hall–Kier alpha value is -2.32. The number of methoxy groups -OCH3 is 2. The molecule has 29 heavy (non-hydrogen) atoms. The number of aryl methyl sites for hydroxylation is 1. The van der Waals surface area contributed by atoms with Crippen molar-refractivity contribution in [2.75, 3.05) is 27.3 Å². The largest absolute Gasteiger partial charge is 0.497 e. The van der Waals surface area contributed by atoms with Gasteiger partial charge >= 0.3 is 0 Å². The van der Waals surface area contributed by atoms with Crippen LogP contribution in [0.15, 0.2) is 18.2 Å². The summed E-state index contributed by atoms with van der Waals surface area (Å²) in [6, 6.07) is 5.66. The molecule has 2 aromatic heterocycles. The zero-order valence-corrected chi connectivity index (χ0v) is 18.4. The molecule has 1 saturated heterocycles. The lowest BCUT2D eigenvalue weighted by Gasteiger charge is -2.40. The van der Waals surface area contributed by atoms with Gasteiger partial charge in [0, 0.05) is 18.7 Å². The second kappa shape index (κ2) is 7.84. The molecule has 4 rings (SSSR count). The van der Waals surface area contributed by atoms with E-state index in [9.17, 15) is 5.11 Å². The van der Waals surface area contributed by atoms with Gasteiger partial charge in [0.1, 0.15) is 17.3 Å². The Bertz CT molecular complexity index is 1000. The molecule has 0 bridgehead atoms. The van der Waals surface area contributed by atoms with Crippen LogP contribution >= 0.6 is 11.3 Å². The lowest BCUT2D eigenvalue weighted by Crippen LogP contribution is -2.41. The summed E-state index contributed by atoms with van der Waals surface area (Å²) in [5.41, 5.74) is 0.977. The molecule has 156 valence electrons. The summed E-state index contributed by atoms with van der Waals surface area (Å²) in [6.07, 6.45) is 1.21. The first-order valence-corrected chi connectivity index (χ1v) is 10.7. The molecule has 3 atom stereocenters. The minimum Gasteiger partial charge on any atom is -0.497 e. The number of hydrogen-bond acceptors (Lipinski definition) is 7. The predicted octanol–water partition coefficient (Wildman–Crippen LogP) is 3.89. The highest BCUT2D eigenvalue weighted by atomic mass is 32.1. The van der Waals surface area contributed by atoms with Gasteiger partial charge in [-0.25, -0.2) is 4.98 Å². The monoisotopic (exact) mass is 416 g/mol. The van der Waals surface area contributed by atoms with Gasteiger partial charge in [0.2, 0.25) is 10.8 Å². The first kappa shape index (κ1) is 20.0. The third-order valence-corrected chi connectivity index (χ3v) is 6.62. The fraction of sp³-hybridized carbons (Fsp3) is 0.524. The molecule has 0 amide bonds. The average molecular weight is 417 g/mol. The first-order chi connectivity index (χ1) is 13.9. The number of aromatic hydroxyl groups is 1. The molecular formula is C21H28N4O3S. The van der Waals surface area contributed by atoms with Crippen LogP contribution in [0.3, 0.4) is 0 Å². The van der Waals surface area contributed by atoms with Crippen molar-refractivity contribution in [2.45, 2.75) is 33.2 Å². The summed E-state index contributed by atoms with van der Waals surface area (Å²) in [7, 11) is 3.34. The topological polar surface area (TPSA) is 72.1 Å². The van der Waals surface area contributed by atoms with Crippen molar-refractivity contribution in [3.63, 3.8) is 0 Å². The van der Waals surface area contributed by atoms with Crippen molar-refractivity contribution in [1.29, 1.82) is 0 Å². The van der Waals surface area contributed by atoms with Gasteiger partial charge < -0.3 is 14.6 Å². The van der Waals surface area contributed by atoms with E-state index in [1.54, 1.807) is 14.2 Å². The fourth-order valence-electron chi connectivity index (χ4n) is 4.50. The van der Waals surface area contributed by atoms with Crippen molar-refractivity contribution in [3.05, 3.63) is 34.5 Å². The maximum Gasteiger partial charge on any atom is 0.230 e. The number of benzene rings is 1. The van der Waals surface area contributed by atoms with Crippen LogP contribution in [0, 0.1) is 18.8 Å². The number of piperidine rings is 1. The number of thiazole rings is 1. The van der Waals surface area contributed by atoms with E-state index in [2.05, 4.69) is 28.8 Å². The minimum atomic E-state index is -0.168. The van der Waals surface area contributed by atoms with Crippen LogP contribution in [0.1, 0.15) is 42.6 Å². The second-order valence-corrected chi connectivity index (χ2v) is 9.06. The number of hydrogen-bond donors (Lipinski definition) is 1. The van der Waals surface area contributed by atoms with E-state index >= 15 is 0 Å². The SMILES string of the molecule is COc1ccc(OC)c([C@@H](c2sc3nc(C)nn3c2O)N2C[C@@H](C)C[C@H](C)C2)c1. The van der Waals surface area contributed by atoms with Crippen LogP contribution < -0.4 is 9.47 Å². The van der Waals surface area contributed by atoms with Crippen LogP contribution in [-0.2, 0) is 0 Å². The Morgan fingerprint density at radius 2 is 1.90 bits per heavy atom. The Morgan fingerprint density at radius 3 is 2.52 bits per heavy atom. The van der Waals surface area contributed by atoms with Gasteiger partial charge in [-0.2, -0.15) is 4.52 Å². The molecule has 0 unspecified atom stereocenters. The van der Waals surface area contributed by atoms with Gasteiger partial charge in [0.15, 0.2) is 0 Å². The Balaban J connectivity index is 1.90. The zero-order valence-electron chi connectivity index (χ0n) is 17.5. The van der Waals surface area contributed by atoms with Crippen molar-refractivity contribution in [3.8, 4) is 17.4 Å². The smallest absolute Gasteiger partial charge is 0.230 e. The second-order valence-electron chi connectivity index (χ2n) is 8.05. The van der Waals surface area contributed by atoms with E-state index in [0.717, 1.165) is 35.0 Å². The third-order valence-electron chi connectivity index (χ3n) is 5.55. The zero-order chi connectivity index (χ0) is 20.7. The fourth-order valence-corrected chi connectivity index (χ4v) is 5.66. The van der Waals surface area contributed by atoms with Crippen LogP contribution in [0.5, 0.6) is 17.4 Å². The minimum absolute atomic E-state index is 0.145. The van der Waals surface area contributed by atoms with E-state index in [1.807, 2.05) is 25.1 Å². The van der Waals surface area contributed by atoms with Crippen molar-refractivity contribution < 1.29 is 14.6 Å². The first-order valence-electron chi connectivity index (χ1n) is 9.92. The van der Waals surface area contributed by atoms with E-state index in [4.69, 9.17) is 9.47 Å². The maximum absolute atomic E-state index is 11.1. The number of likely N-dealkylation sites (tertiary alicyclic amines) is 1. The summed E-state index contributed by atoms with van der Waals surface area (Å²) in [4.78, 5) is 8.42. The molecule has 7 nitrogen and oxygen atoms in total. The number of ether oxygens (including phenoxy) is 2. The van der Waals surface area contributed by atoms with Crippen molar-refractivity contribution in [2.24, 2.45) is 11.8 Å². The predicted molar refractivity (Wildman–Crippen MR) is 113 cm³/mol. The number of fused-ring (bicyclic) bond motifs is 1. The molecule has 3 aromatic rings. The Kier molecular flexibility index (Phi) is 5.40. The quantitative estimate of drug-likeness (QED) is 0.680. The molecule has 1 aliphatic heterocycles. The van der Waals surface area contributed by atoms with Crippen LogP contribution in [0.2, 0.25) is 0 Å². The standard InChI is InChI=1S/C21H28N4O3S/c1-12-8-13(2)11-24(10-12)18(16-9-15(27-4)6-7-17(16)28-5)19-20(26)25-21(29-19)22-14(3)23-25/h6-7,9,12-13,18,26H,8,10-11H2,1-5H3/t12-,13-,18-/m0/s1. The van der Waals surface area contributed by atoms with Gasteiger partial charge in [-0.05, 0) is 43.4 Å². The summed E-state index contributed by atoms with van der Waals surface area (Å²) < 4.78 is 12.7. The lowest BCUT2D eigenvalue weighted by molar-refractivity contribution is 0.110. The number of rotatable bonds is 5. The molecule has 8 heteroatoms. The maximum atomic E-state index is 11.1. The molecule has 0 saturated carbocycles. The van der Waals surface area contributed by atoms with Gasteiger partial charge in [0.25, 0.3) is 0 Å². The van der Waals surface area contributed by atoms with Gasteiger partial charge in [0.05, 0.1) is 25.1 Å². The molecule has 1 aromatic carbocycles. The van der Waals surface area contributed by atoms with Crippen LogP contribution in [0.4, 0.5) is 0 Å². The van der Waals surface area contributed by atoms with Gasteiger partial charge in [-0.1, -0.05) is 25.2 Å². The van der Waals surface area contributed by atoms with E-state index < -0.39 is 0 Å². The summed E-state index contributed by atoms with van der Waals surface area (Å²) in [5.74, 6) is 3.48. The summed E-state index contributed by atoms with van der Waals surface area (Å²) >= 11 is 1.48. The summed E-state index contributed by atoms with van der Waals surface area (Å²) in [6.45, 7) is 8.29. The lowest BCUT2D eigenvalue weighted by atomic mass is 9.89. The molecule has 1 fully saturated rings. The Morgan fingerprint density at radius 1 is 1.17 bits per heavy atom. The molecule has 1 N–H and O–H groups in total. The molecule has 0 spiro atoms. The Labute approximate surface area is 174 Å². The van der Waals surface area contributed by atoms with Crippen LogP contribution in [-0.4, -0.2) is 51.9 Å².